The zero-order valence-electron chi connectivity index (χ0n) is 16.0. The standard InChI is InChI=1S/C19H26N4O4S/c1-19(2)12-14(13-22(19)18(24)25)8-9-16(15-6-4-3-5-7-15)23-17(10-11-21-23)28(20,26)27/h3-7,10-11,14,16H,8-9,12-13H2,1-2H3,(H,24,25)(H2,20,26,27)/t14-,16?/m0/s1. The summed E-state index contributed by atoms with van der Waals surface area (Å²) >= 11 is 0. The van der Waals surface area contributed by atoms with E-state index in [0.717, 1.165) is 18.4 Å². The lowest BCUT2D eigenvalue weighted by Crippen LogP contribution is -2.41. The van der Waals surface area contributed by atoms with Gasteiger partial charge in [0.1, 0.15) is 0 Å². The molecule has 0 bridgehead atoms. The van der Waals surface area contributed by atoms with Gasteiger partial charge in [-0.25, -0.2) is 23.0 Å². The van der Waals surface area contributed by atoms with Crippen molar-refractivity contribution in [3.05, 3.63) is 48.2 Å². The Labute approximate surface area is 165 Å². The Morgan fingerprint density at radius 2 is 2.00 bits per heavy atom. The lowest BCUT2D eigenvalue weighted by atomic mass is 9.90. The number of rotatable bonds is 6. The highest BCUT2D eigenvalue weighted by Crippen LogP contribution is 2.37. The van der Waals surface area contributed by atoms with Crippen molar-refractivity contribution < 1.29 is 18.3 Å². The second-order valence-electron chi connectivity index (χ2n) is 7.94. The maximum atomic E-state index is 12.0. The highest BCUT2D eigenvalue weighted by atomic mass is 32.2. The van der Waals surface area contributed by atoms with Crippen molar-refractivity contribution in [2.24, 2.45) is 11.1 Å². The maximum absolute atomic E-state index is 12.0. The molecule has 0 spiro atoms. The Morgan fingerprint density at radius 3 is 2.57 bits per heavy atom. The molecule has 0 radical (unpaired) electrons. The number of hydrogen-bond donors (Lipinski definition) is 2. The minimum Gasteiger partial charge on any atom is -0.465 e. The average Bonchev–Trinajstić information content (AvgIpc) is 3.20. The van der Waals surface area contributed by atoms with Crippen molar-refractivity contribution >= 4 is 16.1 Å². The van der Waals surface area contributed by atoms with Gasteiger partial charge in [-0.3, -0.25) is 0 Å². The van der Waals surface area contributed by atoms with E-state index in [2.05, 4.69) is 5.10 Å². The van der Waals surface area contributed by atoms with Crippen LogP contribution in [0.3, 0.4) is 0 Å². The number of nitrogens with two attached hydrogens (primary N) is 1. The fourth-order valence-corrected chi connectivity index (χ4v) is 4.86. The number of benzene rings is 1. The van der Waals surface area contributed by atoms with Crippen LogP contribution >= 0.6 is 0 Å². The summed E-state index contributed by atoms with van der Waals surface area (Å²) in [5.74, 6) is 0.200. The maximum Gasteiger partial charge on any atom is 0.407 e. The molecule has 3 N–H and O–H groups in total. The fraction of sp³-hybridized carbons (Fsp3) is 0.474. The largest absolute Gasteiger partial charge is 0.465 e. The van der Waals surface area contributed by atoms with Gasteiger partial charge < -0.3 is 10.0 Å². The molecule has 1 aromatic heterocycles. The molecule has 3 rings (SSSR count). The van der Waals surface area contributed by atoms with Gasteiger partial charge >= 0.3 is 6.09 Å². The summed E-state index contributed by atoms with van der Waals surface area (Å²) in [7, 11) is -3.90. The molecule has 0 saturated carbocycles. The van der Waals surface area contributed by atoms with Crippen molar-refractivity contribution in [1.82, 2.24) is 14.7 Å². The van der Waals surface area contributed by atoms with E-state index in [-0.39, 0.29) is 17.0 Å². The third-order valence-corrected chi connectivity index (χ3v) is 6.35. The molecular formula is C19H26N4O4S. The number of carbonyl (C=O) groups is 1. The molecule has 1 saturated heterocycles. The van der Waals surface area contributed by atoms with Crippen LogP contribution in [0.5, 0.6) is 0 Å². The normalized spacial score (nSPS) is 20.2. The van der Waals surface area contributed by atoms with Crippen LogP contribution in [0.25, 0.3) is 0 Å². The molecule has 1 amide bonds. The summed E-state index contributed by atoms with van der Waals surface area (Å²) in [5, 5.41) is 19.0. The van der Waals surface area contributed by atoms with Crippen LogP contribution in [0.1, 0.15) is 44.7 Å². The van der Waals surface area contributed by atoms with Gasteiger partial charge in [-0.05, 0) is 50.7 Å². The first-order valence-electron chi connectivity index (χ1n) is 9.21. The molecule has 1 unspecified atom stereocenters. The van der Waals surface area contributed by atoms with E-state index >= 15 is 0 Å². The van der Waals surface area contributed by atoms with Crippen LogP contribution in [0.2, 0.25) is 0 Å². The average molecular weight is 407 g/mol. The molecule has 1 aromatic carbocycles. The Kier molecular flexibility index (Phi) is 5.49. The molecule has 1 fully saturated rings. The summed E-state index contributed by atoms with van der Waals surface area (Å²) in [4.78, 5) is 13.0. The number of sulfonamides is 1. The van der Waals surface area contributed by atoms with E-state index in [1.807, 2.05) is 44.2 Å². The molecular weight excluding hydrogens is 380 g/mol. The second kappa shape index (κ2) is 7.56. The lowest BCUT2D eigenvalue weighted by molar-refractivity contribution is 0.117. The molecule has 2 aromatic rings. The van der Waals surface area contributed by atoms with Crippen molar-refractivity contribution in [2.45, 2.75) is 49.7 Å². The molecule has 1 aliphatic rings. The van der Waals surface area contributed by atoms with Crippen molar-refractivity contribution in [1.29, 1.82) is 0 Å². The quantitative estimate of drug-likeness (QED) is 0.764. The fourth-order valence-electron chi connectivity index (χ4n) is 4.18. The summed E-state index contributed by atoms with van der Waals surface area (Å²) in [6, 6.07) is 10.7. The van der Waals surface area contributed by atoms with E-state index < -0.39 is 21.7 Å². The minimum absolute atomic E-state index is 0.0275. The Morgan fingerprint density at radius 1 is 1.32 bits per heavy atom. The predicted octanol–water partition coefficient (Wildman–Crippen LogP) is 2.68. The third kappa shape index (κ3) is 4.20. The summed E-state index contributed by atoms with van der Waals surface area (Å²) in [6.45, 7) is 4.34. The van der Waals surface area contributed by atoms with Crippen LogP contribution in [-0.4, -0.2) is 46.4 Å². The number of likely N-dealkylation sites (tertiary alicyclic amines) is 1. The van der Waals surface area contributed by atoms with E-state index in [4.69, 9.17) is 5.14 Å². The SMILES string of the molecule is CC1(C)C[C@H](CCC(c2ccccc2)n2nccc2S(N)(=O)=O)CN1C(=O)O. The molecule has 0 aliphatic carbocycles. The highest BCUT2D eigenvalue weighted by Gasteiger charge is 2.41. The van der Waals surface area contributed by atoms with Gasteiger partial charge in [0.15, 0.2) is 5.03 Å². The van der Waals surface area contributed by atoms with E-state index in [9.17, 15) is 18.3 Å². The van der Waals surface area contributed by atoms with Crippen LogP contribution in [0.4, 0.5) is 4.79 Å². The molecule has 2 heterocycles. The van der Waals surface area contributed by atoms with Crippen LogP contribution in [0, 0.1) is 5.92 Å². The monoisotopic (exact) mass is 406 g/mol. The highest BCUT2D eigenvalue weighted by molar-refractivity contribution is 7.89. The van der Waals surface area contributed by atoms with Gasteiger partial charge in [0.05, 0.1) is 12.2 Å². The summed E-state index contributed by atoms with van der Waals surface area (Å²) in [6.07, 6.45) is 2.66. The number of nitrogens with zero attached hydrogens (tertiary/aromatic N) is 3. The number of primary sulfonamides is 1. The van der Waals surface area contributed by atoms with Crippen LogP contribution in [-0.2, 0) is 10.0 Å². The first-order valence-corrected chi connectivity index (χ1v) is 10.8. The van der Waals surface area contributed by atoms with E-state index in [1.165, 1.54) is 21.8 Å². The number of hydrogen-bond acceptors (Lipinski definition) is 4. The van der Waals surface area contributed by atoms with Crippen LogP contribution < -0.4 is 5.14 Å². The summed E-state index contributed by atoms with van der Waals surface area (Å²) in [5.41, 5.74) is 0.527. The van der Waals surface area contributed by atoms with E-state index in [0.29, 0.717) is 13.0 Å². The van der Waals surface area contributed by atoms with Gasteiger partial charge in [0, 0.05) is 12.1 Å². The van der Waals surface area contributed by atoms with Crippen LogP contribution in [0.15, 0.2) is 47.6 Å². The zero-order chi connectivity index (χ0) is 20.5. The first-order chi connectivity index (χ1) is 13.1. The van der Waals surface area contributed by atoms with Gasteiger partial charge in [-0.2, -0.15) is 5.10 Å². The number of carboxylic acid groups (broad SMARTS) is 1. The number of aromatic nitrogens is 2. The third-order valence-electron chi connectivity index (χ3n) is 5.44. The molecule has 9 heteroatoms. The summed E-state index contributed by atoms with van der Waals surface area (Å²) < 4.78 is 25.4. The Bertz CT molecular complexity index is 940. The minimum atomic E-state index is -3.90. The Hall–Kier alpha value is -2.39. The van der Waals surface area contributed by atoms with Crippen molar-refractivity contribution in [3.8, 4) is 0 Å². The van der Waals surface area contributed by atoms with E-state index in [1.54, 1.807) is 0 Å². The second-order valence-corrected chi connectivity index (χ2v) is 9.45. The zero-order valence-corrected chi connectivity index (χ0v) is 16.8. The Balaban J connectivity index is 1.85. The molecule has 28 heavy (non-hydrogen) atoms. The van der Waals surface area contributed by atoms with Crippen molar-refractivity contribution in [2.75, 3.05) is 6.54 Å². The lowest BCUT2D eigenvalue weighted by Gasteiger charge is -2.28. The molecule has 2 atom stereocenters. The van der Waals surface area contributed by atoms with Crippen molar-refractivity contribution in [3.63, 3.8) is 0 Å². The van der Waals surface area contributed by atoms with Gasteiger partial charge in [0.25, 0.3) is 10.0 Å². The predicted molar refractivity (Wildman–Crippen MR) is 104 cm³/mol. The molecule has 152 valence electrons. The first kappa shape index (κ1) is 20.3. The van der Waals surface area contributed by atoms with Gasteiger partial charge in [-0.1, -0.05) is 30.3 Å². The van der Waals surface area contributed by atoms with Gasteiger partial charge in [0.2, 0.25) is 0 Å². The smallest absolute Gasteiger partial charge is 0.407 e. The topological polar surface area (TPSA) is 119 Å². The van der Waals surface area contributed by atoms with Gasteiger partial charge in [-0.15, -0.1) is 0 Å². The number of amides is 1. The molecule has 8 nitrogen and oxygen atoms in total. The molecule has 1 aliphatic heterocycles.